The van der Waals surface area contributed by atoms with Crippen LogP contribution in [0.15, 0.2) is 58.7 Å². The fraction of sp³-hybridized carbons (Fsp3) is 0.263. The molecule has 130 valence electrons. The van der Waals surface area contributed by atoms with E-state index < -0.39 is 5.97 Å². The van der Waals surface area contributed by atoms with Crippen molar-refractivity contribution in [2.24, 2.45) is 5.10 Å². The van der Waals surface area contributed by atoms with Gasteiger partial charge >= 0.3 is 5.97 Å². The largest absolute Gasteiger partial charge is 0.463 e. The van der Waals surface area contributed by atoms with Gasteiger partial charge in [0.15, 0.2) is 0 Å². The fourth-order valence-electron chi connectivity index (χ4n) is 2.79. The number of carbonyl (C=O) groups is 1. The van der Waals surface area contributed by atoms with Crippen LogP contribution in [0.25, 0.3) is 0 Å². The number of ether oxygens (including phenoxy) is 1. The lowest BCUT2D eigenvalue weighted by Gasteiger charge is -2.24. The minimum absolute atomic E-state index is 0.0802. The number of carbonyl (C=O) groups excluding carboxylic acids is 1. The van der Waals surface area contributed by atoms with Gasteiger partial charge in [-0.2, -0.15) is 5.10 Å². The molecule has 0 N–H and O–H groups in total. The van der Waals surface area contributed by atoms with Crippen molar-refractivity contribution in [3.63, 3.8) is 0 Å². The Morgan fingerprint density at radius 3 is 2.80 bits per heavy atom. The molecule has 0 aliphatic carbocycles. The Hall–Kier alpha value is -2.47. The summed E-state index contributed by atoms with van der Waals surface area (Å²) in [5.41, 5.74) is 2.61. The third-order valence-electron chi connectivity index (χ3n) is 3.95. The molecule has 1 aromatic carbocycles. The predicted molar refractivity (Wildman–Crippen MR) is 96.8 cm³/mol. The molecule has 1 aromatic heterocycles. The minimum atomic E-state index is -0.391. The summed E-state index contributed by atoms with van der Waals surface area (Å²) in [6.07, 6.45) is 2.14. The molecule has 3 rings (SSSR count). The molecule has 0 bridgehead atoms. The highest BCUT2D eigenvalue weighted by Gasteiger charge is 2.30. The van der Waals surface area contributed by atoms with Crippen molar-refractivity contribution >= 4 is 23.0 Å². The van der Waals surface area contributed by atoms with E-state index in [1.807, 2.05) is 29.4 Å². The summed E-state index contributed by atoms with van der Waals surface area (Å²) >= 11 is 1.63. The summed E-state index contributed by atoms with van der Waals surface area (Å²) in [7, 11) is 0. The molecule has 0 amide bonds. The number of benzene rings is 1. The van der Waals surface area contributed by atoms with Gasteiger partial charge in [-0.05, 0) is 43.0 Å². The lowest BCUT2D eigenvalue weighted by Crippen LogP contribution is -2.19. The number of hydrazone groups is 1. The standard InChI is InChI=1S/C19H19FN2O2S/c1-3-24-19(23)11-13(2)22-17(14-6-8-15(20)9-7-14)12-16(21-22)18-5-4-10-25-18/h4-11,17H,3,12H2,1-2H3/t17-/m0/s1. The summed E-state index contributed by atoms with van der Waals surface area (Å²) in [6, 6.07) is 10.3. The zero-order valence-electron chi connectivity index (χ0n) is 14.1. The Morgan fingerprint density at radius 1 is 1.40 bits per heavy atom. The number of esters is 1. The number of thiophene rings is 1. The lowest BCUT2D eigenvalue weighted by atomic mass is 10.0. The summed E-state index contributed by atoms with van der Waals surface area (Å²) in [6.45, 7) is 3.92. The summed E-state index contributed by atoms with van der Waals surface area (Å²) in [4.78, 5) is 12.9. The van der Waals surface area contributed by atoms with E-state index in [2.05, 4.69) is 0 Å². The zero-order chi connectivity index (χ0) is 17.8. The van der Waals surface area contributed by atoms with Gasteiger partial charge in [0, 0.05) is 18.2 Å². The van der Waals surface area contributed by atoms with Crippen molar-refractivity contribution in [3.8, 4) is 0 Å². The van der Waals surface area contributed by atoms with E-state index in [1.165, 1.54) is 18.2 Å². The van der Waals surface area contributed by atoms with Crippen LogP contribution in [0.4, 0.5) is 4.39 Å². The molecule has 0 spiro atoms. The smallest absolute Gasteiger partial charge is 0.332 e. The molecule has 4 nitrogen and oxygen atoms in total. The van der Waals surface area contributed by atoms with E-state index in [0.29, 0.717) is 18.7 Å². The third kappa shape index (κ3) is 3.96. The van der Waals surface area contributed by atoms with Crippen LogP contribution < -0.4 is 0 Å². The van der Waals surface area contributed by atoms with Crippen molar-refractivity contribution in [1.29, 1.82) is 0 Å². The SMILES string of the molecule is CCOC(=O)C=C(C)N1N=C(c2cccs2)C[C@H]1c1ccc(F)cc1. The van der Waals surface area contributed by atoms with Gasteiger partial charge in [-0.15, -0.1) is 11.3 Å². The van der Waals surface area contributed by atoms with E-state index in [4.69, 9.17) is 9.84 Å². The number of hydrogen-bond donors (Lipinski definition) is 0. The predicted octanol–water partition coefficient (Wildman–Crippen LogP) is 4.51. The summed E-state index contributed by atoms with van der Waals surface area (Å²) in [5, 5.41) is 8.54. The quantitative estimate of drug-likeness (QED) is 0.583. The van der Waals surface area contributed by atoms with Crippen molar-refractivity contribution < 1.29 is 13.9 Å². The lowest BCUT2D eigenvalue weighted by molar-refractivity contribution is -0.137. The van der Waals surface area contributed by atoms with Crippen LogP contribution in [0.1, 0.15) is 36.8 Å². The highest BCUT2D eigenvalue weighted by Crippen LogP contribution is 2.36. The Labute approximate surface area is 150 Å². The molecule has 25 heavy (non-hydrogen) atoms. The molecule has 0 saturated carbocycles. The first kappa shape index (κ1) is 17.4. The molecule has 0 fully saturated rings. The van der Waals surface area contributed by atoms with Crippen LogP contribution in [0.3, 0.4) is 0 Å². The molecule has 0 unspecified atom stereocenters. The molecular weight excluding hydrogens is 339 g/mol. The van der Waals surface area contributed by atoms with Crippen LogP contribution in [0, 0.1) is 5.82 Å². The second kappa shape index (κ2) is 7.61. The minimum Gasteiger partial charge on any atom is -0.463 e. The molecular formula is C19H19FN2O2S. The van der Waals surface area contributed by atoms with Gasteiger partial charge in [0.25, 0.3) is 0 Å². The molecule has 1 atom stereocenters. The van der Waals surface area contributed by atoms with E-state index in [0.717, 1.165) is 16.2 Å². The molecule has 6 heteroatoms. The van der Waals surface area contributed by atoms with E-state index >= 15 is 0 Å². The van der Waals surface area contributed by atoms with Gasteiger partial charge in [0.1, 0.15) is 5.82 Å². The van der Waals surface area contributed by atoms with Crippen molar-refractivity contribution in [2.45, 2.75) is 26.3 Å². The maximum Gasteiger partial charge on any atom is 0.332 e. The van der Waals surface area contributed by atoms with Crippen LogP contribution in [0.2, 0.25) is 0 Å². The normalized spacial score (nSPS) is 17.6. The van der Waals surface area contributed by atoms with Crippen LogP contribution >= 0.6 is 11.3 Å². The first-order chi connectivity index (χ1) is 12.1. The maximum absolute atomic E-state index is 13.3. The van der Waals surface area contributed by atoms with Gasteiger partial charge in [-0.3, -0.25) is 5.01 Å². The van der Waals surface area contributed by atoms with Crippen LogP contribution in [-0.2, 0) is 9.53 Å². The van der Waals surface area contributed by atoms with Crippen molar-refractivity contribution in [2.75, 3.05) is 6.61 Å². The first-order valence-electron chi connectivity index (χ1n) is 8.09. The summed E-state index contributed by atoms with van der Waals surface area (Å²) in [5.74, 6) is -0.663. The third-order valence-corrected chi connectivity index (χ3v) is 4.86. The highest BCUT2D eigenvalue weighted by atomic mass is 32.1. The number of hydrogen-bond acceptors (Lipinski definition) is 5. The zero-order valence-corrected chi connectivity index (χ0v) is 14.9. The van der Waals surface area contributed by atoms with Gasteiger partial charge in [0.05, 0.1) is 23.2 Å². The highest BCUT2D eigenvalue weighted by molar-refractivity contribution is 7.12. The van der Waals surface area contributed by atoms with Crippen molar-refractivity contribution in [3.05, 3.63) is 69.8 Å². The van der Waals surface area contributed by atoms with Crippen LogP contribution in [0.5, 0.6) is 0 Å². The average Bonchev–Trinajstić information content (AvgIpc) is 3.25. The second-order valence-electron chi connectivity index (χ2n) is 5.68. The molecule has 2 heterocycles. The topological polar surface area (TPSA) is 41.9 Å². The number of nitrogens with zero attached hydrogens (tertiary/aromatic N) is 2. The number of halogens is 1. The number of rotatable bonds is 5. The summed E-state index contributed by atoms with van der Waals surface area (Å²) < 4.78 is 18.3. The van der Waals surface area contributed by atoms with E-state index in [-0.39, 0.29) is 11.9 Å². The van der Waals surface area contributed by atoms with E-state index in [1.54, 1.807) is 30.4 Å². The molecule has 1 aliphatic rings. The van der Waals surface area contributed by atoms with E-state index in [9.17, 15) is 9.18 Å². The molecule has 2 aromatic rings. The fourth-order valence-corrected chi connectivity index (χ4v) is 3.51. The number of allylic oxidation sites excluding steroid dienone is 1. The molecule has 0 radical (unpaired) electrons. The molecule has 1 aliphatic heterocycles. The first-order valence-corrected chi connectivity index (χ1v) is 8.97. The van der Waals surface area contributed by atoms with Crippen molar-refractivity contribution in [1.82, 2.24) is 5.01 Å². The van der Waals surface area contributed by atoms with Gasteiger partial charge in [0.2, 0.25) is 0 Å². The Bertz CT molecular complexity index is 797. The van der Waals surface area contributed by atoms with Gasteiger partial charge in [-0.1, -0.05) is 18.2 Å². The van der Waals surface area contributed by atoms with Gasteiger partial charge in [-0.25, -0.2) is 9.18 Å². The maximum atomic E-state index is 13.3. The second-order valence-corrected chi connectivity index (χ2v) is 6.63. The monoisotopic (exact) mass is 358 g/mol. The average molecular weight is 358 g/mol. The molecule has 0 saturated heterocycles. The Balaban J connectivity index is 1.93. The Kier molecular flexibility index (Phi) is 5.28. The van der Waals surface area contributed by atoms with Crippen LogP contribution in [-0.4, -0.2) is 23.3 Å². The Morgan fingerprint density at radius 2 is 2.16 bits per heavy atom. The van der Waals surface area contributed by atoms with Gasteiger partial charge < -0.3 is 4.74 Å².